The smallest absolute Gasteiger partial charge is 0.156 e. The molecule has 0 aliphatic rings. The van der Waals surface area contributed by atoms with E-state index in [0.29, 0.717) is 11.7 Å². The summed E-state index contributed by atoms with van der Waals surface area (Å²) in [5.41, 5.74) is 1.22. The molecule has 0 aromatic carbocycles. The molecular weight excluding hydrogens is 170 g/mol. The van der Waals surface area contributed by atoms with Crippen molar-refractivity contribution >= 4 is 17.3 Å². The zero-order valence-corrected chi connectivity index (χ0v) is 7.80. The number of hydrogen-bond donors (Lipinski definition) is 0. The first-order valence-electron chi connectivity index (χ1n) is 3.81. The van der Waals surface area contributed by atoms with Crippen LogP contribution in [0.25, 0.3) is 0 Å². The van der Waals surface area contributed by atoms with Crippen LogP contribution in [0.3, 0.4) is 0 Å². The number of ether oxygens (including phenoxy) is 1. The third-order valence-electron chi connectivity index (χ3n) is 1.45. The van der Waals surface area contributed by atoms with E-state index in [1.165, 1.54) is 5.56 Å². The molecule has 0 unspecified atom stereocenters. The average Bonchev–Trinajstić information content (AvgIpc) is 2.05. The van der Waals surface area contributed by atoms with Crippen molar-refractivity contribution in [2.75, 3.05) is 6.61 Å². The number of nitrogens with zero attached hydrogens (tertiary/aromatic N) is 1. The Kier molecular flexibility index (Phi) is 3.67. The van der Waals surface area contributed by atoms with Gasteiger partial charge in [0, 0.05) is 25.7 Å². The van der Waals surface area contributed by atoms with Gasteiger partial charge >= 0.3 is 0 Å². The number of thiocarbonyl (C=S) groups is 1. The summed E-state index contributed by atoms with van der Waals surface area (Å²) in [6.45, 7) is 2.43. The molecule has 0 radical (unpaired) electrons. The molecule has 1 heterocycles. The Morgan fingerprint density at radius 3 is 2.75 bits per heavy atom. The molecule has 64 valence electrons. The molecule has 0 N–H and O–H groups in total. The molecule has 0 bridgehead atoms. The molecule has 12 heavy (non-hydrogen) atoms. The fraction of sp³-hybridized carbons (Fsp3) is 0.333. The van der Waals surface area contributed by atoms with Crippen LogP contribution < -0.4 is 0 Å². The minimum Gasteiger partial charge on any atom is -0.487 e. The molecule has 0 amide bonds. The van der Waals surface area contributed by atoms with Crippen molar-refractivity contribution in [3.05, 3.63) is 30.1 Å². The monoisotopic (exact) mass is 181 g/mol. The average molecular weight is 181 g/mol. The Labute approximate surface area is 77.6 Å². The third kappa shape index (κ3) is 3.44. The summed E-state index contributed by atoms with van der Waals surface area (Å²) >= 11 is 4.78. The first-order valence-corrected chi connectivity index (χ1v) is 4.22. The molecule has 2 nitrogen and oxygen atoms in total. The van der Waals surface area contributed by atoms with E-state index >= 15 is 0 Å². The molecule has 0 aliphatic carbocycles. The SMILES string of the molecule is CC(=S)OCCc1ccncc1. The van der Waals surface area contributed by atoms with Crippen molar-refractivity contribution in [1.29, 1.82) is 0 Å². The Bertz CT molecular complexity index is 248. The third-order valence-corrected chi connectivity index (χ3v) is 1.56. The molecule has 0 atom stereocenters. The summed E-state index contributed by atoms with van der Waals surface area (Å²) in [4.78, 5) is 3.92. The van der Waals surface area contributed by atoms with Gasteiger partial charge in [-0.2, -0.15) is 0 Å². The summed E-state index contributed by atoms with van der Waals surface area (Å²) in [6.07, 6.45) is 4.44. The highest BCUT2D eigenvalue weighted by Gasteiger charge is 1.92. The van der Waals surface area contributed by atoms with Gasteiger partial charge in [0.05, 0.1) is 6.61 Å². The van der Waals surface area contributed by atoms with Crippen molar-refractivity contribution in [1.82, 2.24) is 4.98 Å². The van der Waals surface area contributed by atoms with Gasteiger partial charge in [0.2, 0.25) is 0 Å². The molecule has 0 fully saturated rings. The Balaban J connectivity index is 2.29. The number of aromatic nitrogens is 1. The zero-order chi connectivity index (χ0) is 8.81. The summed E-state index contributed by atoms with van der Waals surface area (Å²) < 4.78 is 5.16. The standard InChI is InChI=1S/C9H11NOS/c1-8(12)11-7-4-9-2-5-10-6-3-9/h2-3,5-6H,4,7H2,1H3. The van der Waals surface area contributed by atoms with Crippen LogP contribution in [-0.2, 0) is 11.2 Å². The van der Waals surface area contributed by atoms with E-state index in [-0.39, 0.29) is 0 Å². The number of pyridine rings is 1. The Morgan fingerprint density at radius 1 is 1.50 bits per heavy atom. The van der Waals surface area contributed by atoms with E-state index < -0.39 is 0 Å². The van der Waals surface area contributed by atoms with Crippen LogP contribution in [0.4, 0.5) is 0 Å². The van der Waals surface area contributed by atoms with Gasteiger partial charge in [-0.1, -0.05) is 0 Å². The lowest BCUT2D eigenvalue weighted by molar-refractivity contribution is 0.315. The molecule has 1 aromatic heterocycles. The van der Waals surface area contributed by atoms with Gasteiger partial charge in [-0.05, 0) is 29.9 Å². The van der Waals surface area contributed by atoms with Crippen LogP contribution >= 0.6 is 12.2 Å². The van der Waals surface area contributed by atoms with Gasteiger partial charge in [0.1, 0.15) is 0 Å². The highest BCUT2D eigenvalue weighted by Crippen LogP contribution is 1.97. The molecule has 1 rings (SSSR count). The molecule has 0 saturated heterocycles. The molecular formula is C9H11NOS. The van der Waals surface area contributed by atoms with Gasteiger partial charge in [-0.25, -0.2) is 0 Å². The van der Waals surface area contributed by atoms with E-state index in [2.05, 4.69) is 4.98 Å². The van der Waals surface area contributed by atoms with E-state index in [4.69, 9.17) is 17.0 Å². The van der Waals surface area contributed by atoms with Crippen LogP contribution in [0.1, 0.15) is 12.5 Å². The molecule has 0 aliphatic heterocycles. The van der Waals surface area contributed by atoms with Gasteiger partial charge in [-0.15, -0.1) is 0 Å². The van der Waals surface area contributed by atoms with Gasteiger partial charge in [0.25, 0.3) is 0 Å². The van der Waals surface area contributed by atoms with Crippen molar-refractivity contribution in [3.63, 3.8) is 0 Å². The first kappa shape index (κ1) is 9.13. The summed E-state index contributed by atoms with van der Waals surface area (Å²) in [5.74, 6) is 0. The van der Waals surface area contributed by atoms with Crippen LogP contribution in [0.15, 0.2) is 24.5 Å². The Hall–Kier alpha value is -0.960. The summed E-state index contributed by atoms with van der Waals surface area (Å²) in [6, 6.07) is 3.95. The topological polar surface area (TPSA) is 22.1 Å². The predicted octanol–water partition coefficient (Wildman–Crippen LogP) is 1.99. The molecule has 3 heteroatoms. The first-order chi connectivity index (χ1) is 5.79. The van der Waals surface area contributed by atoms with Crippen LogP contribution in [0, 0.1) is 0 Å². The largest absolute Gasteiger partial charge is 0.487 e. The highest BCUT2D eigenvalue weighted by molar-refractivity contribution is 7.80. The lowest BCUT2D eigenvalue weighted by atomic mass is 10.2. The summed E-state index contributed by atoms with van der Waals surface area (Å²) in [7, 11) is 0. The van der Waals surface area contributed by atoms with Gasteiger partial charge < -0.3 is 4.74 Å². The highest BCUT2D eigenvalue weighted by atomic mass is 32.1. The predicted molar refractivity (Wildman–Crippen MR) is 52.2 cm³/mol. The van der Waals surface area contributed by atoms with Crippen molar-refractivity contribution in [2.45, 2.75) is 13.3 Å². The maximum absolute atomic E-state index is 5.16. The van der Waals surface area contributed by atoms with E-state index in [9.17, 15) is 0 Å². The maximum Gasteiger partial charge on any atom is 0.156 e. The lowest BCUT2D eigenvalue weighted by Crippen LogP contribution is -2.01. The van der Waals surface area contributed by atoms with Crippen LogP contribution in [0.5, 0.6) is 0 Å². The second kappa shape index (κ2) is 4.83. The number of rotatable bonds is 3. The molecule has 0 saturated carbocycles. The fourth-order valence-electron chi connectivity index (χ4n) is 0.862. The molecule has 1 aromatic rings. The van der Waals surface area contributed by atoms with Crippen molar-refractivity contribution in [3.8, 4) is 0 Å². The normalized spacial score (nSPS) is 9.42. The van der Waals surface area contributed by atoms with E-state index in [1.54, 1.807) is 19.3 Å². The summed E-state index contributed by atoms with van der Waals surface area (Å²) in [5, 5.41) is 0.601. The van der Waals surface area contributed by atoms with E-state index in [1.807, 2.05) is 12.1 Å². The Morgan fingerprint density at radius 2 is 2.17 bits per heavy atom. The van der Waals surface area contributed by atoms with E-state index in [0.717, 1.165) is 6.42 Å². The van der Waals surface area contributed by atoms with Gasteiger partial charge in [0.15, 0.2) is 5.05 Å². The maximum atomic E-state index is 5.16. The second-order valence-corrected chi connectivity index (χ2v) is 3.02. The van der Waals surface area contributed by atoms with Crippen molar-refractivity contribution < 1.29 is 4.74 Å². The number of hydrogen-bond acceptors (Lipinski definition) is 3. The van der Waals surface area contributed by atoms with Crippen LogP contribution in [-0.4, -0.2) is 16.6 Å². The zero-order valence-electron chi connectivity index (χ0n) is 6.99. The lowest BCUT2D eigenvalue weighted by Gasteiger charge is -2.02. The van der Waals surface area contributed by atoms with Gasteiger partial charge in [-0.3, -0.25) is 4.98 Å². The quantitative estimate of drug-likeness (QED) is 0.666. The second-order valence-electron chi connectivity index (χ2n) is 2.45. The molecule has 0 spiro atoms. The minimum absolute atomic E-state index is 0.601. The van der Waals surface area contributed by atoms with Crippen molar-refractivity contribution in [2.24, 2.45) is 0 Å². The minimum atomic E-state index is 0.601. The van der Waals surface area contributed by atoms with Crippen LogP contribution in [0.2, 0.25) is 0 Å². The fourth-order valence-corrected chi connectivity index (χ4v) is 0.945.